The van der Waals surface area contributed by atoms with Crippen molar-refractivity contribution in [3.05, 3.63) is 35.9 Å². The Labute approximate surface area is 77.3 Å². The maximum atomic E-state index is 9.55. The molecular formula is C10H14O3. The molecule has 3 N–H and O–H groups in total. The highest BCUT2D eigenvalue weighted by Gasteiger charge is 2.08. The van der Waals surface area contributed by atoms with Gasteiger partial charge in [-0.05, 0) is 12.0 Å². The summed E-state index contributed by atoms with van der Waals surface area (Å²) in [5.41, 5.74) is 0.808. The van der Waals surface area contributed by atoms with Gasteiger partial charge >= 0.3 is 0 Å². The number of hydrogen-bond acceptors (Lipinski definition) is 3. The lowest BCUT2D eigenvalue weighted by molar-refractivity contribution is -0.0531. The van der Waals surface area contributed by atoms with E-state index in [1.54, 1.807) is 0 Å². The molecular weight excluding hydrogens is 168 g/mol. The third-order valence-electron chi connectivity index (χ3n) is 1.88. The minimum atomic E-state index is -1.33. The lowest BCUT2D eigenvalue weighted by Crippen LogP contribution is -2.07. The molecule has 0 aliphatic carbocycles. The zero-order chi connectivity index (χ0) is 9.68. The van der Waals surface area contributed by atoms with Crippen LogP contribution in [0.5, 0.6) is 0 Å². The van der Waals surface area contributed by atoms with Crippen LogP contribution in [0.1, 0.15) is 24.5 Å². The molecule has 0 saturated heterocycles. The zero-order valence-corrected chi connectivity index (χ0v) is 7.30. The van der Waals surface area contributed by atoms with Crippen LogP contribution in [0.3, 0.4) is 0 Å². The van der Waals surface area contributed by atoms with Crippen molar-refractivity contribution in [1.82, 2.24) is 0 Å². The van der Waals surface area contributed by atoms with Crippen LogP contribution < -0.4 is 0 Å². The molecule has 1 aromatic carbocycles. The largest absolute Gasteiger partial charge is 0.388 e. The summed E-state index contributed by atoms with van der Waals surface area (Å²) in [5.74, 6) is 0. The Morgan fingerprint density at radius 3 is 2.08 bits per heavy atom. The predicted octanol–water partition coefficient (Wildman–Crippen LogP) is 0.811. The Balaban J connectivity index is 2.44. The summed E-state index contributed by atoms with van der Waals surface area (Å²) in [6, 6.07) is 9.18. The number of aliphatic hydroxyl groups excluding tert-OH is 2. The molecule has 72 valence electrons. The highest BCUT2D eigenvalue weighted by molar-refractivity contribution is 5.16. The summed E-state index contributed by atoms with van der Waals surface area (Å²) in [4.78, 5) is 0. The topological polar surface area (TPSA) is 60.7 Å². The molecule has 0 aromatic heterocycles. The SMILES string of the molecule is OC(O)CCC(O)c1ccccc1. The van der Waals surface area contributed by atoms with E-state index < -0.39 is 12.4 Å². The molecule has 0 fully saturated rings. The van der Waals surface area contributed by atoms with Gasteiger partial charge in [0.1, 0.15) is 0 Å². The minimum absolute atomic E-state index is 0.191. The summed E-state index contributed by atoms with van der Waals surface area (Å²) in [6.45, 7) is 0. The molecule has 1 unspecified atom stereocenters. The molecule has 0 bridgehead atoms. The molecule has 0 aliphatic rings. The highest BCUT2D eigenvalue weighted by Crippen LogP contribution is 2.17. The Hall–Kier alpha value is -0.900. The van der Waals surface area contributed by atoms with Crippen molar-refractivity contribution in [1.29, 1.82) is 0 Å². The van der Waals surface area contributed by atoms with Crippen LogP contribution in [-0.2, 0) is 0 Å². The van der Waals surface area contributed by atoms with E-state index in [1.807, 2.05) is 30.3 Å². The third-order valence-corrected chi connectivity index (χ3v) is 1.88. The third kappa shape index (κ3) is 3.55. The highest BCUT2D eigenvalue weighted by atomic mass is 16.5. The van der Waals surface area contributed by atoms with Gasteiger partial charge in [-0.15, -0.1) is 0 Å². The molecule has 0 heterocycles. The molecule has 0 spiro atoms. The molecule has 0 amide bonds. The van der Waals surface area contributed by atoms with Crippen LogP contribution in [0.2, 0.25) is 0 Å². The fourth-order valence-electron chi connectivity index (χ4n) is 1.15. The average Bonchev–Trinajstić information content (AvgIpc) is 2.15. The monoisotopic (exact) mass is 182 g/mol. The number of benzene rings is 1. The van der Waals surface area contributed by atoms with Gasteiger partial charge in [0.25, 0.3) is 0 Å². The maximum absolute atomic E-state index is 9.55. The van der Waals surface area contributed by atoms with Gasteiger partial charge in [0.05, 0.1) is 6.10 Å². The second-order valence-corrected chi connectivity index (χ2v) is 2.98. The summed E-state index contributed by atoms with van der Waals surface area (Å²) in [7, 11) is 0. The first-order valence-electron chi connectivity index (χ1n) is 4.29. The van der Waals surface area contributed by atoms with Gasteiger partial charge in [-0.3, -0.25) is 0 Å². The van der Waals surface area contributed by atoms with Crippen molar-refractivity contribution in [2.45, 2.75) is 25.2 Å². The summed E-state index contributed by atoms with van der Waals surface area (Å²) < 4.78 is 0. The van der Waals surface area contributed by atoms with Crippen molar-refractivity contribution in [2.24, 2.45) is 0 Å². The van der Waals surface area contributed by atoms with Gasteiger partial charge < -0.3 is 15.3 Å². The van der Waals surface area contributed by atoms with Crippen LogP contribution in [0, 0.1) is 0 Å². The van der Waals surface area contributed by atoms with E-state index >= 15 is 0 Å². The van der Waals surface area contributed by atoms with Crippen LogP contribution in [0.4, 0.5) is 0 Å². The Kier molecular flexibility index (Phi) is 3.89. The number of hydrogen-bond donors (Lipinski definition) is 3. The van der Waals surface area contributed by atoms with Crippen molar-refractivity contribution >= 4 is 0 Å². The van der Waals surface area contributed by atoms with Crippen molar-refractivity contribution in [3.63, 3.8) is 0 Å². The van der Waals surface area contributed by atoms with E-state index in [-0.39, 0.29) is 6.42 Å². The lowest BCUT2D eigenvalue weighted by Gasteiger charge is -2.11. The Morgan fingerprint density at radius 1 is 0.923 bits per heavy atom. The van der Waals surface area contributed by atoms with Crippen molar-refractivity contribution in [2.75, 3.05) is 0 Å². The molecule has 1 aromatic rings. The van der Waals surface area contributed by atoms with Gasteiger partial charge in [0, 0.05) is 6.42 Å². The molecule has 1 atom stereocenters. The van der Waals surface area contributed by atoms with Crippen molar-refractivity contribution in [3.8, 4) is 0 Å². The minimum Gasteiger partial charge on any atom is -0.388 e. The normalized spacial score (nSPS) is 13.2. The summed E-state index contributed by atoms with van der Waals surface area (Å²) in [6.07, 6.45) is -1.39. The number of rotatable bonds is 4. The van der Waals surface area contributed by atoms with E-state index in [9.17, 15) is 5.11 Å². The van der Waals surface area contributed by atoms with Gasteiger partial charge in [0.2, 0.25) is 0 Å². The number of aliphatic hydroxyl groups is 3. The molecule has 1 rings (SSSR count). The lowest BCUT2D eigenvalue weighted by atomic mass is 10.1. The van der Waals surface area contributed by atoms with E-state index in [0.717, 1.165) is 5.56 Å². The van der Waals surface area contributed by atoms with Gasteiger partial charge in [-0.25, -0.2) is 0 Å². The quantitative estimate of drug-likeness (QED) is 0.604. The fourth-order valence-corrected chi connectivity index (χ4v) is 1.15. The first-order valence-corrected chi connectivity index (χ1v) is 4.29. The molecule has 0 radical (unpaired) electrons. The molecule has 0 saturated carbocycles. The van der Waals surface area contributed by atoms with Crippen LogP contribution >= 0.6 is 0 Å². The first kappa shape index (κ1) is 10.2. The molecule has 3 nitrogen and oxygen atoms in total. The van der Waals surface area contributed by atoms with Gasteiger partial charge in [-0.1, -0.05) is 30.3 Å². The first-order chi connectivity index (χ1) is 6.20. The van der Waals surface area contributed by atoms with Crippen LogP contribution in [0.15, 0.2) is 30.3 Å². The average molecular weight is 182 g/mol. The molecule has 0 aliphatic heterocycles. The van der Waals surface area contributed by atoms with E-state index in [2.05, 4.69) is 0 Å². The molecule has 13 heavy (non-hydrogen) atoms. The maximum Gasteiger partial charge on any atom is 0.151 e. The second-order valence-electron chi connectivity index (χ2n) is 2.98. The zero-order valence-electron chi connectivity index (χ0n) is 7.30. The van der Waals surface area contributed by atoms with Crippen LogP contribution in [0.25, 0.3) is 0 Å². The standard InChI is InChI=1S/C10H14O3/c11-9(6-7-10(12)13)8-4-2-1-3-5-8/h1-5,9-13H,6-7H2. The van der Waals surface area contributed by atoms with Crippen molar-refractivity contribution < 1.29 is 15.3 Å². The Bertz CT molecular complexity index is 233. The Morgan fingerprint density at radius 2 is 1.54 bits per heavy atom. The van der Waals surface area contributed by atoms with E-state index in [4.69, 9.17) is 10.2 Å². The second kappa shape index (κ2) is 4.97. The summed E-state index contributed by atoms with van der Waals surface area (Å²) >= 11 is 0. The van der Waals surface area contributed by atoms with Gasteiger partial charge in [-0.2, -0.15) is 0 Å². The smallest absolute Gasteiger partial charge is 0.151 e. The summed E-state index contributed by atoms with van der Waals surface area (Å²) in [5, 5.41) is 26.7. The van der Waals surface area contributed by atoms with Crippen LogP contribution in [-0.4, -0.2) is 21.6 Å². The van der Waals surface area contributed by atoms with E-state index in [0.29, 0.717) is 6.42 Å². The molecule has 3 heteroatoms. The predicted molar refractivity (Wildman–Crippen MR) is 48.9 cm³/mol. The van der Waals surface area contributed by atoms with Gasteiger partial charge in [0.15, 0.2) is 6.29 Å². The van der Waals surface area contributed by atoms with E-state index in [1.165, 1.54) is 0 Å². The fraction of sp³-hybridized carbons (Fsp3) is 0.400.